The molecule has 2 N–H and O–H groups in total. The topological polar surface area (TPSA) is 65.4 Å². The zero-order valence-corrected chi connectivity index (χ0v) is 10.6. The zero-order valence-electron chi connectivity index (χ0n) is 10.6. The van der Waals surface area contributed by atoms with Crippen LogP contribution in [0.3, 0.4) is 0 Å². The lowest BCUT2D eigenvalue weighted by atomic mass is 10.1. The van der Waals surface area contributed by atoms with Gasteiger partial charge in [0, 0.05) is 18.0 Å². The monoisotopic (exact) mass is 254 g/mol. The van der Waals surface area contributed by atoms with Crippen LogP contribution in [0.1, 0.15) is 5.82 Å². The number of benzene rings is 1. The van der Waals surface area contributed by atoms with E-state index in [1.165, 1.54) is 0 Å². The molecule has 0 aliphatic heterocycles. The third-order valence-electron chi connectivity index (χ3n) is 3.02. The van der Waals surface area contributed by atoms with E-state index in [1.807, 2.05) is 40.9 Å². The van der Waals surface area contributed by atoms with E-state index in [0.29, 0.717) is 6.54 Å². The maximum absolute atomic E-state index is 5.72. The molecule has 0 saturated carbocycles. The summed E-state index contributed by atoms with van der Waals surface area (Å²) in [6.45, 7) is 0.378. The molecule has 19 heavy (non-hydrogen) atoms. The molecule has 0 bridgehead atoms. The van der Waals surface area contributed by atoms with Gasteiger partial charge >= 0.3 is 0 Å². The van der Waals surface area contributed by atoms with Crippen LogP contribution in [0.2, 0.25) is 0 Å². The molecule has 2 heterocycles. The highest BCUT2D eigenvalue weighted by molar-refractivity contribution is 5.74. The van der Waals surface area contributed by atoms with Crippen molar-refractivity contribution in [3.8, 4) is 17.0 Å². The third-order valence-corrected chi connectivity index (χ3v) is 3.02. The Morgan fingerprint density at radius 2 is 2.05 bits per heavy atom. The molecule has 2 aromatic heterocycles. The predicted molar refractivity (Wildman–Crippen MR) is 72.9 cm³/mol. The number of aromatic nitrogens is 3. The summed E-state index contributed by atoms with van der Waals surface area (Å²) in [5.41, 5.74) is 8.37. The first-order chi connectivity index (χ1) is 9.33. The van der Waals surface area contributed by atoms with E-state index in [4.69, 9.17) is 10.5 Å². The highest BCUT2D eigenvalue weighted by Crippen LogP contribution is 2.25. The number of hydrogen-bond acceptors (Lipinski definition) is 4. The highest BCUT2D eigenvalue weighted by atomic mass is 16.5. The molecule has 0 saturated heterocycles. The summed E-state index contributed by atoms with van der Waals surface area (Å²) >= 11 is 0. The minimum atomic E-state index is 0.378. The average molecular weight is 254 g/mol. The van der Waals surface area contributed by atoms with Gasteiger partial charge < -0.3 is 10.5 Å². The Morgan fingerprint density at radius 1 is 1.26 bits per heavy atom. The first kappa shape index (κ1) is 11.7. The molecule has 0 spiro atoms. The zero-order chi connectivity index (χ0) is 13.2. The lowest BCUT2D eigenvalue weighted by Gasteiger charge is -2.01. The quantitative estimate of drug-likeness (QED) is 0.774. The molecule has 0 radical (unpaired) electrons. The van der Waals surface area contributed by atoms with Crippen LogP contribution in [0.4, 0.5) is 0 Å². The molecule has 1 aromatic carbocycles. The number of fused-ring (bicyclic) bond motifs is 1. The Kier molecular flexibility index (Phi) is 2.89. The van der Waals surface area contributed by atoms with Crippen LogP contribution >= 0.6 is 0 Å². The van der Waals surface area contributed by atoms with Gasteiger partial charge in [0.05, 0.1) is 13.7 Å². The fraction of sp³-hybridized carbons (Fsp3) is 0.143. The van der Waals surface area contributed by atoms with Crippen molar-refractivity contribution in [2.24, 2.45) is 5.73 Å². The molecular formula is C14H14N4O. The molecular weight excluding hydrogens is 240 g/mol. The second-order valence-corrected chi connectivity index (χ2v) is 4.12. The summed E-state index contributed by atoms with van der Waals surface area (Å²) in [5.74, 6) is 1.62. The molecule has 5 heteroatoms. The lowest BCUT2D eigenvalue weighted by Crippen LogP contribution is -2.02. The predicted octanol–water partition coefficient (Wildman–Crippen LogP) is 1.86. The first-order valence-corrected chi connectivity index (χ1v) is 6.00. The molecule has 0 fully saturated rings. The SMILES string of the molecule is COc1ccc(-c2nc(CN)n3cccnc23)cc1. The summed E-state index contributed by atoms with van der Waals surface area (Å²) in [5, 5.41) is 0. The Hall–Kier alpha value is -2.40. The van der Waals surface area contributed by atoms with E-state index >= 15 is 0 Å². The molecule has 0 aliphatic rings. The number of nitrogens with two attached hydrogens (primary N) is 1. The average Bonchev–Trinajstić information content (AvgIpc) is 2.86. The van der Waals surface area contributed by atoms with Crippen LogP contribution in [0.5, 0.6) is 5.75 Å². The number of rotatable bonds is 3. The van der Waals surface area contributed by atoms with Crippen LogP contribution in [-0.4, -0.2) is 21.5 Å². The van der Waals surface area contributed by atoms with Crippen molar-refractivity contribution in [3.05, 3.63) is 48.5 Å². The van der Waals surface area contributed by atoms with Gasteiger partial charge in [-0.2, -0.15) is 0 Å². The Balaban J connectivity index is 2.18. The molecule has 0 amide bonds. The third kappa shape index (κ3) is 1.94. The van der Waals surface area contributed by atoms with Crippen LogP contribution in [0.15, 0.2) is 42.7 Å². The summed E-state index contributed by atoms with van der Waals surface area (Å²) in [6.07, 6.45) is 3.68. The highest BCUT2D eigenvalue weighted by Gasteiger charge is 2.12. The number of nitrogens with zero attached hydrogens (tertiary/aromatic N) is 3. The number of methoxy groups -OCH3 is 1. The van der Waals surface area contributed by atoms with E-state index in [-0.39, 0.29) is 0 Å². The van der Waals surface area contributed by atoms with Gasteiger partial charge in [0.1, 0.15) is 17.3 Å². The maximum atomic E-state index is 5.72. The summed E-state index contributed by atoms with van der Waals surface area (Å²) in [4.78, 5) is 8.95. The molecule has 3 rings (SSSR count). The smallest absolute Gasteiger partial charge is 0.164 e. The van der Waals surface area contributed by atoms with Crippen molar-refractivity contribution >= 4 is 5.65 Å². The summed E-state index contributed by atoms with van der Waals surface area (Å²) < 4.78 is 7.07. The van der Waals surface area contributed by atoms with E-state index in [0.717, 1.165) is 28.5 Å². The Morgan fingerprint density at radius 3 is 2.74 bits per heavy atom. The number of hydrogen-bond donors (Lipinski definition) is 1. The molecule has 0 aliphatic carbocycles. The number of ether oxygens (including phenoxy) is 1. The van der Waals surface area contributed by atoms with Gasteiger partial charge in [-0.1, -0.05) is 0 Å². The second-order valence-electron chi connectivity index (χ2n) is 4.12. The van der Waals surface area contributed by atoms with E-state index in [1.54, 1.807) is 13.3 Å². The molecule has 0 unspecified atom stereocenters. The van der Waals surface area contributed by atoms with Crippen LogP contribution in [0.25, 0.3) is 16.9 Å². The van der Waals surface area contributed by atoms with Crippen LogP contribution < -0.4 is 10.5 Å². The van der Waals surface area contributed by atoms with Gasteiger partial charge in [-0.25, -0.2) is 9.97 Å². The fourth-order valence-corrected chi connectivity index (χ4v) is 2.07. The van der Waals surface area contributed by atoms with Gasteiger partial charge in [0.15, 0.2) is 5.65 Å². The summed E-state index contributed by atoms with van der Waals surface area (Å²) in [6, 6.07) is 9.62. The molecule has 3 aromatic rings. The van der Waals surface area contributed by atoms with Crippen molar-refractivity contribution in [3.63, 3.8) is 0 Å². The van der Waals surface area contributed by atoms with Crippen molar-refractivity contribution in [2.45, 2.75) is 6.54 Å². The van der Waals surface area contributed by atoms with Gasteiger partial charge in [-0.15, -0.1) is 0 Å². The van der Waals surface area contributed by atoms with Crippen molar-refractivity contribution in [2.75, 3.05) is 7.11 Å². The molecule has 96 valence electrons. The Labute approximate surface area is 110 Å². The van der Waals surface area contributed by atoms with Crippen molar-refractivity contribution < 1.29 is 4.74 Å². The normalized spacial score (nSPS) is 10.8. The minimum Gasteiger partial charge on any atom is -0.497 e. The van der Waals surface area contributed by atoms with Crippen molar-refractivity contribution in [1.29, 1.82) is 0 Å². The van der Waals surface area contributed by atoms with Gasteiger partial charge in [-0.05, 0) is 30.3 Å². The van der Waals surface area contributed by atoms with Gasteiger partial charge in [0.2, 0.25) is 0 Å². The Bertz CT molecular complexity index is 703. The van der Waals surface area contributed by atoms with E-state index < -0.39 is 0 Å². The van der Waals surface area contributed by atoms with Crippen LogP contribution in [0, 0.1) is 0 Å². The van der Waals surface area contributed by atoms with E-state index in [2.05, 4.69) is 9.97 Å². The molecule has 0 atom stereocenters. The second kappa shape index (κ2) is 4.70. The minimum absolute atomic E-state index is 0.378. The maximum Gasteiger partial charge on any atom is 0.164 e. The standard InChI is InChI=1S/C14H14N4O/c1-19-11-5-3-10(4-6-11)13-14-16-7-2-8-18(14)12(9-15)17-13/h2-8H,9,15H2,1H3. The van der Waals surface area contributed by atoms with Gasteiger partial charge in [0.25, 0.3) is 0 Å². The summed E-state index contributed by atoms with van der Waals surface area (Å²) in [7, 11) is 1.65. The largest absolute Gasteiger partial charge is 0.497 e. The van der Waals surface area contributed by atoms with Gasteiger partial charge in [-0.3, -0.25) is 4.40 Å². The lowest BCUT2D eigenvalue weighted by molar-refractivity contribution is 0.415. The van der Waals surface area contributed by atoms with Crippen molar-refractivity contribution in [1.82, 2.24) is 14.4 Å². The van der Waals surface area contributed by atoms with E-state index in [9.17, 15) is 0 Å². The molecule has 5 nitrogen and oxygen atoms in total. The first-order valence-electron chi connectivity index (χ1n) is 6.00. The fourth-order valence-electron chi connectivity index (χ4n) is 2.07. The number of imidazole rings is 1. The van der Waals surface area contributed by atoms with Crippen LogP contribution in [-0.2, 0) is 6.54 Å².